The molecule has 3 heterocycles. The molecule has 2 saturated heterocycles. The topological polar surface area (TPSA) is 88.5 Å². The Morgan fingerprint density at radius 3 is 2.64 bits per heavy atom. The molecule has 0 radical (unpaired) electrons. The number of carbonyl (C=O) groups is 1. The van der Waals surface area contributed by atoms with Gasteiger partial charge in [0.05, 0.1) is 32.6 Å². The number of carbonyl (C=O) groups excluding carboxylic acids is 1. The first-order chi connectivity index (χ1) is 16.2. The predicted molar refractivity (Wildman–Crippen MR) is 127 cm³/mol. The number of benzene rings is 1. The van der Waals surface area contributed by atoms with Gasteiger partial charge in [0.1, 0.15) is 12.4 Å². The van der Waals surface area contributed by atoms with Gasteiger partial charge in [-0.1, -0.05) is 29.8 Å². The summed E-state index contributed by atoms with van der Waals surface area (Å²) in [6, 6.07) is 11.7. The Balaban J connectivity index is 1.44. The molecule has 33 heavy (non-hydrogen) atoms. The highest BCUT2D eigenvalue weighted by atomic mass is 16.5. The molecular weight excluding hydrogens is 422 g/mol. The number of nitrogens with one attached hydrogen (secondary N) is 1. The second kappa shape index (κ2) is 11.7. The molecular formula is C24H31N5O4. The van der Waals surface area contributed by atoms with Crippen LogP contribution in [0.1, 0.15) is 21.6 Å². The molecule has 0 saturated carbocycles. The van der Waals surface area contributed by atoms with E-state index in [1.54, 1.807) is 12.3 Å². The van der Waals surface area contributed by atoms with Gasteiger partial charge in [0, 0.05) is 44.5 Å². The first-order valence-corrected chi connectivity index (χ1v) is 11.4. The Labute approximate surface area is 194 Å². The van der Waals surface area contributed by atoms with Crippen LogP contribution in [0.15, 0.2) is 41.5 Å². The van der Waals surface area contributed by atoms with Crippen LogP contribution in [0.5, 0.6) is 0 Å². The van der Waals surface area contributed by atoms with E-state index in [2.05, 4.69) is 25.3 Å². The first kappa shape index (κ1) is 23.2. The van der Waals surface area contributed by atoms with Gasteiger partial charge in [0.2, 0.25) is 0 Å². The van der Waals surface area contributed by atoms with Crippen LogP contribution in [0.3, 0.4) is 0 Å². The van der Waals surface area contributed by atoms with Crippen molar-refractivity contribution in [3.8, 4) is 0 Å². The van der Waals surface area contributed by atoms with Crippen LogP contribution in [-0.4, -0.2) is 87.8 Å². The molecule has 2 aliphatic heterocycles. The van der Waals surface area contributed by atoms with Crippen molar-refractivity contribution in [1.82, 2.24) is 9.88 Å². The van der Waals surface area contributed by atoms with Crippen LogP contribution >= 0.6 is 0 Å². The van der Waals surface area contributed by atoms with Gasteiger partial charge in [-0.3, -0.25) is 10.3 Å². The molecule has 4 rings (SSSR count). The van der Waals surface area contributed by atoms with Gasteiger partial charge in [-0.2, -0.15) is 5.10 Å². The summed E-state index contributed by atoms with van der Waals surface area (Å²) in [7, 11) is 0. The zero-order chi connectivity index (χ0) is 22.9. The molecule has 0 bridgehead atoms. The lowest BCUT2D eigenvalue weighted by Gasteiger charge is -2.29. The number of hydrogen-bond acceptors (Lipinski definition) is 9. The Hall–Kier alpha value is -3.01. The van der Waals surface area contributed by atoms with Gasteiger partial charge in [-0.15, -0.1) is 0 Å². The third-order valence-corrected chi connectivity index (χ3v) is 5.57. The van der Waals surface area contributed by atoms with Crippen molar-refractivity contribution in [2.24, 2.45) is 5.10 Å². The molecule has 0 amide bonds. The van der Waals surface area contributed by atoms with Crippen molar-refractivity contribution in [2.75, 3.05) is 76.1 Å². The number of ether oxygens (including phenoxy) is 3. The summed E-state index contributed by atoms with van der Waals surface area (Å²) in [5.41, 5.74) is 6.26. The predicted octanol–water partition coefficient (Wildman–Crippen LogP) is 2.16. The van der Waals surface area contributed by atoms with Crippen LogP contribution in [-0.2, 0) is 14.2 Å². The van der Waals surface area contributed by atoms with E-state index in [-0.39, 0.29) is 5.69 Å². The number of esters is 1. The number of rotatable bonds is 8. The van der Waals surface area contributed by atoms with E-state index in [0.29, 0.717) is 32.2 Å². The lowest BCUT2D eigenvalue weighted by atomic mass is 10.2. The van der Waals surface area contributed by atoms with E-state index in [1.807, 2.05) is 37.3 Å². The van der Waals surface area contributed by atoms with Crippen LogP contribution in [0, 0.1) is 6.92 Å². The fourth-order valence-corrected chi connectivity index (χ4v) is 3.77. The molecule has 1 N–H and O–H groups in total. The SMILES string of the molecule is Cc1cccc(C=NNc2cc(N3CCOCC3)cc(C(=O)OCCN3CCOCC3)n2)c1. The third-order valence-electron chi connectivity index (χ3n) is 5.57. The van der Waals surface area contributed by atoms with E-state index in [1.165, 1.54) is 0 Å². The average molecular weight is 454 g/mol. The first-order valence-electron chi connectivity index (χ1n) is 11.4. The Morgan fingerprint density at radius 1 is 1.12 bits per heavy atom. The summed E-state index contributed by atoms with van der Waals surface area (Å²) >= 11 is 0. The van der Waals surface area contributed by atoms with E-state index in [4.69, 9.17) is 14.2 Å². The maximum Gasteiger partial charge on any atom is 0.357 e. The molecule has 0 aliphatic carbocycles. The second-order valence-electron chi connectivity index (χ2n) is 8.07. The highest BCUT2D eigenvalue weighted by Gasteiger charge is 2.18. The molecule has 9 nitrogen and oxygen atoms in total. The molecule has 1 aromatic heterocycles. The maximum absolute atomic E-state index is 12.8. The van der Waals surface area contributed by atoms with Crippen LogP contribution in [0.25, 0.3) is 0 Å². The smallest absolute Gasteiger partial charge is 0.357 e. The Bertz CT molecular complexity index is 956. The highest BCUT2D eigenvalue weighted by molar-refractivity contribution is 5.89. The maximum atomic E-state index is 12.8. The summed E-state index contributed by atoms with van der Waals surface area (Å²) < 4.78 is 16.3. The van der Waals surface area contributed by atoms with Gasteiger partial charge < -0.3 is 19.1 Å². The standard InChI is InChI=1S/C24H31N5O4/c1-19-3-2-4-20(15-19)18-25-27-23-17-21(29-8-12-32-13-9-29)16-22(26-23)24(30)33-14-7-28-5-10-31-11-6-28/h2-4,15-18H,5-14H2,1H3,(H,26,27). The molecule has 2 aromatic rings. The number of hydrazone groups is 1. The molecule has 0 unspecified atom stereocenters. The Morgan fingerprint density at radius 2 is 1.88 bits per heavy atom. The van der Waals surface area contributed by atoms with Crippen molar-refractivity contribution >= 4 is 23.7 Å². The van der Waals surface area contributed by atoms with Gasteiger partial charge in [-0.25, -0.2) is 9.78 Å². The average Bonchev–Trinajstić information content (AvgIpc) is 2.85. The van der Waals surface area contributed by atoms with Gasteiger partial charge in [-0.05, 0) is 18.6 Å². The monoisotopic (exact) mass is 453 g/mol. The van der Waals surface area contributed by atoms with Crippen molar-refractivity contribution in [3.63, 3.8) is 0 Å². The number of nitrogens with zero attached hydrogens (tertiary/aromatic N) is 4. The zero-order valence-corrected chi connectivity index (χ0v) is 19.0. The minimum absolute atomic E-state index is 0.259. The molecule has 2 fully saturated rings. The van der Waals surface area contributed by atoms with E-state index in [9.17, 15) is 4.79 Å². The van der Waals surface area contributed by atoms with Crippen molar-refractivity contribution in [2.45, 2.75) is 6.92 Å². The minimum Gasteiger partial charge on any atom is -0.460 e. The molecule has 2 aliphatic rings. The Kier molecular flexibility index (Phi) is 8.24. The largest absolute Gasteiger partial charge is 0.460 e. The summed E-state index contributed by atoms with van der Waals surface area (Å²) in [6.07, 6.45) is 1.73. The van der Waals surface area contributed by atoms with Gasteiger partial charge in [0.25, 0.3) is 0 Å². The lowest BCUT2D eigenvalue weighted by Crippen LogP contribution is -2.38. The van der Waals surface area contributed by atoms with E-state index < -0.39 is 5.97 Å². The lowest BCUT2D eigenvalue weighted by molar-refractivity contribution is 0.0193. The summed E-state index contributed by atoms with van der Waals surface area (Å²) in [6.45, 7) is 8.99. The summed E-state index contributed by atoms with van der Waals surface area (Å²) in [4.78, 5) is 21.6. The highest BCUT2D eigenvalue weighted by Crippen LogP contribution is 2.21. The summed E-state index contributed by atoms with van der Waals surface area (Å²) in [5, 5.41) is 4.31. The molecule has 0 atom stereocenters. The van der Waals surface area contributed by atoms with Crippen molar-refractivity contribution in [3.05, 3.63) is 53.2 Å². The number of anilines is 2. The second-order valence-corrected chi connectivity index (χ2v) is 8.07. The molecule has 1 aromatic carbocycles. The fraction of sp³-hybridized carbons (Fsp3) is 0.458. The number of morpholine rings is 2. The third kappa shape index (κ3) is 6.98. The quantitative estimate of drug-likeness (QED) is 0.370. The van der Waals surface area contributed by atoms with Crippen LogP contribution < -0.4 is 10.3 Å². The number of aryl methyl sites for hydroxylation is 1. The number of aromatic nitrogens is 1. The van der Waals surface area contributed by atoms with Gasteiger partial charge >= 0.3 is 5.97 Å². The minimum atomic E-state index is -0.441. The normalized spacial score (nSPS) is 17.3. The number of pyridine rings is 1. The van der Waals surface area contributed by atoms with Gasteiger partial charge in [0.15, 0.2) is 5.69 Å². The van der Waals surface area contributed by atoms with Crippen molar-refractivity contribution < 1.29 is 19.0 Å². The van der Waals surface area contributed by atoms with Crippen LogP contribution in [0.2, 0.25) is 0 Å². The zero-order valence-electron chi connectivity index (χ0n) is 19.0. The van der Waals surface area contributed by atoms with Crippen molar-refractivity contribution in [1.29, 1.82) is 0 Å². The number of hydrogen-bond donors (Lipinski definition) is 1. The molecule has 176 valence electrons. The summed E-state index contributed by atoms with van der Waals surface area (Å²) in [5.74, 6) is 0.0482. The van der Waals surface area contributed by atoms with Crippen LogP contribution in [0.4, 0.5) is 11.5 Å². The molecule has 0 spiro atoms. The van der Waals surface area contributed by atoms with E-state index in [0.717, 1.165) is 56.2 Å². The molecule has 9 heteroatoms. The fourth-order valence-electron chi connectivity index (χ4n) is 3.77. The van der Waals surface area contributed by atoms with E-state index >= 15 is 0 Å².